The van der Waals surface area contributed by atoms with Crippen molar-refractivity contribution in [1.29, 1.82) is 0 Å². The molecule has 3 rings (SSSR count). The summed E-state index contributed by atoms with van der Waals surface area (Å²) in [5, 5.41) is 6.91. The molecule has 1 atom stereocenters. The van der Waals surface area contributed by atoms with Crippen molar-refractivity contribution in [3.05, 3.63) is 65.0 Å². The molecule has 1 aliphatic heterocycles. The molecular formula is C19H20F3N5S. The smallest absolute Gasteiger partial charge is 0.184 e. The molecule has 0 saturated carbocycles. The van der Waals surface area contributed by atoms with Gasteiger partial charge in [-0.05, 0) is 42.4 Å². The molecule has 0 aromatic heterocycles. The molecule has 1 heterocycles. The van der Waals surface area contributed by atoms with Crippen molar-refractivity contribution in [2.45, 2.75) is 19.0 Å². The predicted octanol–water partition coefficient (Wildman–Crippen LogP) is 2.64. The van der Waals surface area contributed by atoms with Gasteiger partial charge in [-0.2, -0.15) is 5.10 Å². The molecule has 1 aliphatic rings. The lowest BCUT2D eigenvalue weighted by molar-refractivity contribution is 0.546. The van der Waals surface area contributed by atoms with E-state index in [4.69, 9.17) is 5.73 Å². The first-order chi connectivity index (χ1) is 13.4. The Bertz CT molecular complexity index is 890. The molecular weight excluding hydrogens is 387 g/mol. The Balaban J connectivity index is 1.62. The van der Waals surface area contributed by atoms with Crippen LogP contribution in [0.2, 0.25) is 0 Å². The minimum Gasteiger partial charge on any atom is -0.375 e. The molecule has 1 unspecified atom stereocenters. The van der Waals surface area contributed by atoms with E-state index in [-0.39, 0.29) is 28.2 Å². The Kier molecular flexibility index (Phi) is 6.48. The highest BCUT2D eigenvalue weighted by atomic mass is 32.1. The number of nitrogens with zero attached hydrogens (tertiary/aromatic N) is 2. The topological polar surface area (TPSA) is 65.7 Å². The highest BCUT2D eigenvalue weighted by molar-refractivity contribution is 7.80. The van der Waals surface area contributed by atoms with Crippen molar-refractivity contribution >= 4 is 29.2 Å². The maximum Gasteiger partial charge on any atom is 0.184 e. The second kappa shape index (κ2) is 9.03. The van der Waals surface area contributed by atoms with Crippen LogP contribution < -0.4 is 21.4 Å². The van der Waals surface area contributed by atoms with Crippen molar-refractivity contribution in [3.63, 3.8) is 0 Å². The summed E-state index contributed by atoms with van der Waals surface area (Å²) in [6.45, 7) is 1.63. The van der Waals surface area contributed by atoms with E-state index in [0.717, 1.165) is 30.3 Å². The predicted molar refractivity (Wildman–Crippen MR) is 108 cm³/mol. The average Bonchev–Trinajstić information content (AvgIpc) is 3.11. The van der Waals surface area contributed by atoms with Gasteiger partial charge >= 0.3 is 0 Å². The molecule has 0 aliphatic carbocycles. The highest BCUT2D eigenvalue weighted by Gasteiger charge is 2.25. The SMILES string of the molecule is NC(=S)NN=Cc1cc(F)c(N2CCC(NCc3cccc(F)c3)C2)cc1F. The lowest BCUT2D eigenvalue weighted by Crippen LogP contribution is -2.32. The number of rotatable bonds is 6. The molecule has 2 aromatic carbocycles. The summed E-state index contributed by atoms with van der Waals surface area (Å²) in [6, 6.07) is 8.71. The van der Waals surface area contributed by atoms with E-state index in [1.807, 2.05) is 6.07 Å². The molecule has 2 aromatic rings. The molecule has 1 saturated heterocycles. The third kappa shape index (κ3) is 5.20. The molecule has 1 fully saturated rings. The first kappa shape index (κ1) is 20.1. The van der Waals surface area contributed by atoms with Gasteiger partial charge in [0.1, 0.15) is 17.5 Å². The third-order valence-electron chi connectivity index (χ3n) is 4.46. The van der Waals surface area contributed by atoms with Crippen molar-refractivity contribution in [2.75, 3.05) is 18.0 Å². The van der Waals surface area contributed by atoms with Gasteiger partial charge in [-0.1, -0.05) is 12.1 Å². The minimum atomic E-state index is -0.596. The number of hydrazone groups is 1. The normalized spacial score (nSPS) is 16.7. The quantitative estimate of drug-likeness (QED) is 0.390. The Labute approximate surface area is 166 Å². The van der Waals surface area contributed by atoms with Crippen LogP contribution in [0.15, 0.2) is 41.5 Å². The first-order valence-corrected chi connectivity index (χ1v) is 9.13. The number of hydrogen-bond acceptors (Lipinski definition) is 4. The molecule has 5 nitrogen and oxygen atoms in total. The summed E-state index contributed by atoms with van der Waals surface area (Å²) in [4.78, 5) is 1.79. The van der Waals surface area contributed by atoms with Gasteiger partial charge in [-0.15, -0.1) is 0 Å². The summed E-state index contributed by atoms with van der Waals surface area (Å²) < 4.78 is 42.0. The summed E-state index contributed by atoms with van der Waals surface area (Å²) in [7, 11) is 0. The Morgan fingerprint density at radius 1 is 1.25 bits per heavy atom. The average molecular weight is 407 g/mol. The van der Waals surface area contributed by atoms with E-state index >= 15 is 0 Å². The van der Waals surface area contributed by atoms with Crippen molar-refractivity contribution in [3.8, 4) is 0 Å². The molecule has 0 radical (unpaired) electrons. The van der Waals surface area contributed by atoms with Crippen LogP contribution in [0.1, 0.15) is 17.5 Å². The number of thiocarbonyl (C=S) groups is 1. The lowest BCUT2D eigenvalue weighted by atomic mass is 10.2. The van der Waals surface area contributed by atoms with Crippen molar-refractivity contribution < 1.29 is 13.2 Å². The lowest BCUT2D eigenvalue weighted by Gasteiger charge is -2.20. The fourth-order valence-electron chi connectivity index (χ4n) is 3.11. The van der Waals surface area contributed by atoms with Crippen LogP contribution in [-0.4, -0.2) is 30.5 Å². The van der Waals surface area contributed by atoms with Gasteiger partial charge in [-0.3, -0.25) is 5.43 Å². The summed E-state index contributed by atoms with van der Waals surface area (Å²) in [5.41, 5.74) is 8.55. The number of nitrogens with two attached hydrogens (primary N) is 1. The standard InChI is InChI=1S/C19H20F3N5S/c20-14-3-1-2-12(6-14)9-24-15-4-5-27(11-15)18-8-16(21)13(7-17(18)22)10-25-26-19(23)28/h1-3,6-8,10,15,24H,4-5,9,11H2,(H3,23,26,28). The van der Waals surface area contributed by atoms with Gasteiger partial charge in [0.15, 0.2) is 5.11 Å². The number of halogens is 3. The van der Waals surface area contributed by atoms with E-state index in [0.29, 0.717) is 19.6 Å². The van der Waals surface area contributed by atoms with Crippen LogP contribution in [0.3, 0.4) is 0 Å². The van der Waals surface area contributed by atoms with Crippen molar-refractivity contribution in [2.24, 2.45) is 10.8 Å². The maximum absolute atomic E-state index is 14.5. The molecule has 0 amide bonds. The minimum absolute atomic E-state index is 0.00928. The molecule has 0 spiro atoms. The monoisotopic (exact) mass is 407 g/mol. The van der Waals surface area contributed by atoms with Gasteiger partial charge in [0, 0.05) is 37.3 Å². The molecule has 0 bridgehead atoms. The number of anilines is 1. The zero-order valence-corrected chi connectivity index (χ0v) is 15.8. The van der Waals surface area contributed by atoms with E-state index in [2.05, 4.69) is 28.1 Å². The summed E-state index contributed by atoms with van der Waals surface area (Å²) >= 11 is 4.59. The maximum atomic E-state index is 14.5. The van der Waals surface area contributed by atoms with Gasteiger partial charge in [0.2, 0.25) is 0 Å². The zero-order valence-electron chi connectivity index (χ0n) is 15.0. The molecule has 4 N–H and O–H groups in total. The molecule has 28 heavy (non-hydrogen) atoms. The van der Waals surface area contributed by atoms with E-state index in [1.54, 1.807) is 11.0 Å². The van der Waals surface area contributed by atoms with Crippen LogP contribution in [0.4, 0.5) is 18.9 Å². The number of hydrogen-bond donors (Lipinski definition) is 3. The van der Waals surface area contributed by atoms with Crippen LogP contribution in [0, 0.1) is 17.5 Å². The highest BCUT2D eigenvalue weighted by Crippen LogP contribution is 2.26. The van der Waals surface area contributed by atoms with E-state index in [9.17, 15) is 13.2 Å². The largest absolute Gasteiger partial charge is 0.375 e. The van der Waals surface area contributed by atoms with Crippen LogP contribution in [0.5, 0.6) is 0 Å². The van der Waals surface area contributed by atoms with E-state index < -0.39 is 11.6 Å². The van der Waals surface area contributed by atoms with Gasteiger partial charge in [0.25, 0.3) is 0 Å². The number of nitrogens with one attached hydrogen (secondary N) is 2. The second-order valence-electron chi connectivity index (χ2n) is 6.50. The zero-order chi connectivity index (χ0) is 20.1. The third-order valence-corrected chi connectivity index (χ3v) is 4.55. The van der Waals surface area contributed by atoms with Gasteiger partial charge in [-0.25, -0.2) is 13.2 Å². The summed E-state index contributed by atoms with van der Waals surface area (Å²) in [6.07, 6.45) is 1.89. The first-order valence-electron chi connectivity index (χ1n) is 8.72. The Hall–Kier alpha value is -2.65. The second-order valence-corrected chi connectivity index (χ2v) is 6.94. The van der Waals surface area contributed by atoms with Gasteiger partial charge in [0.05, 0.1) is 11.9 Å². The van der Waals surface area contributed by atoms with Crippen LogP contribution in [-0.2, 0) is 6.54 Å². The fourth-order valence-corrected chi connectivity index (χ4v) is 3.17. The van der Waals surface area contributed by atoms with Crippen LogP contribution >= 0.6 is 12.2 Å². The van der Waals surface area contributed by atoms with E-state index in [1.165, 1.54) is 12.1 Å². The molecule has 148 valence electrons. The molecule has 9 heteroatoms. The van der Waals surface area contributed by atoms with Crippen molar-refractivity contribution in [1.82, 2.24) is 10.7 Å². The number of benzene rings is 2. The summed E-state index contributed by atoms with van der Waals surface area (Å²) in [5.74, 6) is -1.41. The fraction of sp³-hybridized carbons (Fsp3) is 0.263. The Morgan fingerprint density at radius 2 is 2.07 bits per heavy atom. The Morgan fingerprint density at radius 3 is 2.82 bits per heavy atom. The van der Waals surface area contributed by atoms with Gasteiger partial charge < -0.3 is 16.0 Å². The van der Waals surface area contributed by atoms with Crippen LogP contribution in [0.25, 0.3) is 0 Å².